The normalized spacial score (nSPS) is 14.4. The summed E-state index contributed by atoms with van der Waals surface area (Å²) in [5, 5.41) is 0. The lowest BCUT2D eigenvalue weighted by Crippen LogP contribution is -2.52. The van der Waals surface area contributed by atoms with Crippen molar-refractivity contribution in [1.82, 2.24) is 4.98 Å². The Bertz CT molecular complexity index is 1480. The number of hydrogen-bond acceptors (Lipinski definition) is 4. The van der Waals surface area contributed by atoms with Crippen molar-refractivity contribution in [3.8, 4) is 0 Å². The van der Waals surface area contributed by atoms with Crippen LogP contribution in [0, 0.1) is 0 Å². The Kier molecular flexibility index (Phi) is 5.79. The third-order valence-electron chi connectivity index (χ3n) is 7.94. The van der Waals surface area contributed by atoms with Gasteiger partial charge in [0.25, 0.3) is 0 Å². The van der Waals surface area contributed by atoms with E-state index in [1.54, 1.807) is 0 Å². The molecule has 4 aromatic rings. The van der Waals surface area contributed by atoms with Gasteiger partial charge in [-0.3, -0.25) is 0 Å². The third-order valence-corrected chi connectivity index (χ3v) is 7.94. The number of benzene rings is 3. The summed E-state index contributed by atoms with van der Waals surface area (Å²) in [6, 6.07) is 28.9. The molecule has 0 bridgehead atoms. The molecule has 0 spiro atoms. The van der Waals surface area contributed by atoms with E-state index in [2.05, 4.69) is 142 Å². The van der Waals surface area contributed by atoms with Crippen LogP contribution in [0.2, 0.25) is 0 Å². The van der Waals surface area contributed by atoms with E-state index in [1.165, 1.54) is 45.1 Å². The lowest BCUT2D eigenvalue weighted by atomic mass is 9.82. The molecule has 2 aliphatic heterocycles. The van der Waals surface area contributed by atoms with Gasteiger partial charge in [0, 0.05) is 11.9 Å². The molecule has 3 heterocycles. The Balaban J connectivity index is 1.65. The van der Waals surface area contributed by atoms with E-state index in [4.69, 9.17) is 4.98 Å². The highest BCUT2D eigenvalue weighted by Crippen LogP contribution is 2.57. The molecule has 0 amide bonds. The summed E-state index contributed by atoms with van der Waals surface area (Å²) in [5.74, 6) is 1.76. The lowest BCUT2D eigenvalue weighted by Gasteiger charge is -2.35. The summed E-state index contributed by atoms with van der Waals surface area (Å²) in [5.41, 5.74) is 10.2. The minimum atomic E-state index is -0.0927. The summed E-state index contributed by atoms with van der Waals surface area (Å²) in [4.78, 5) is 12.5. The molecule has 0 atom stereocenters. The molecule has 0 saturated heterocycles. The second kappa shape index (κ2) is 8.94. The number of rotatable bonds is 4. The number of pyridine rings is 1. The molecular weight excluding hydrogens is 463 g/mol. The maximum absolute atomic E-state index is 4.97. The molecule has 192 valence electrons. The third kappa shape index (κ3) is 3.71. The van der Waals surface area contributed by atoms with E-state index in [1.807, 2.05) is 6.20 Å². The number of anilines is 6. The summed E-state index contributed by atoms with van der Waals surface area (Å²) in [6.45, 7) is 16.0. The van der Waals surface area contributed by atoms with Crippen LogP contribution in [0.15, 0.2) is 85.1 Å². The molecule has 0 unspecified atom stereocenters. The van der Waals surface area contributed by atoms with Gasteiger partial charge in [-0.25, -0.2) is 4.98 Å². The topological polar surface area (TPSA) is 22.6 Å². The van der Waals surface area contributed by atoms with Crippen LogP contribution in [0.1, 0.15) is 77.0 Å². The Morgan fingerprint density at radius 1 is 0.632 bits per heavy atom. The van der Waals surface area contributed by atoms with E-state index in [0.717, 1.165) is 5.82 Å². The Labute approximate surface area is 228 Å². The highest BCUT2D eigenvalue weighted by molar-refractivity contribution is 6.80. The van der Waals surface area contributed by atoms with Crippen molar-refractivity contribution in [2.75, 3.05) is 14.4 Å². The fourth-order valence-corrected chi connectivity index (χ4v) is 6.00. The second-order valence-electron chi connectivity index (χ2n) is 12.2. The van der Waals surface area contributed by atoms with E-state index in [0.29, 0.717) is 11.8 Å². The first-order valence-corrected chi connectivity index (χ1v) is 13.8. The van der Waals surface area contributed by atoms with E-state index in [9.17, 15) is 0 Å². The standard InChI is InChI=1S/C33H37BN4/c1-22(2)25-13-12-14-26(23(3)4)32(25)38-30-18-11-9-16-28(30)36-27-15-8-10-17-29(27)37(34(36)38)31-21-24(19-20-35-31)33(5,6)7/h8-23H,1-7H3. The highest BCUT2D eigenvalue weighted by atomic mass is 15.5. The number of para-hydroxylation sites is 5. The van der Waals surface area contributed by atoms with Crippen LogP contribution in [0.5, 0.6) is 0 Å². The van der Waals surface area contributed by atoms with E-state index < -0.39 is 0 Å². The predicted molar refractivity (Wildman–Crippen MR) is 163 cm³/mol. The van der Waals surface area contributed by atoms with E-state index >= 15 is 0 Å². The van der Waals surface area contributed by atoms with Crippen LogP contribution >= 0.6 is 0 Å². The van der Waals surface area contributed by atoms with Crippen LogP contribution in [-0.2, 0) is 5.41 Å². The molecule has 0 radical (unpaired) electrons. The van der Waals surface area contributed by atoms with Crippen molar-refractivity contribution < 1.29 is 0 Å². The zero-order valence-electron chi connectivity index (χ0n) is 23.6. The van der Waals surface area contributed by atoms with Gasteiger partial charge in [-0.05, 0) is 70.3 Å². The van der Waals surface area contributed by atoms with Gasteiger partial charge in [0.15, 0.2) is 0 Å². The minimum Gasteiger partial charge on any atom is -0.343 e. The van der Waals surface area contributed by atoms with E-state index in [-0.39, 0.29) is 12.5 Å². The van der Waals surface area contributed by atoms with Crippen molar-refractivity contribution in [3.05, 3.63) is 102 Å². The first-order chi connectivity index (χ1) is 18.2. The van der Waals surface area contributed by atoms with Crippen molar-refractivity contribution in [2.45, 2.75) is 65.7 Å². The second-order valence-corrected chi connectivity index (χ2v) is 12.2. The van der Waals surface area contributed by atoms with Gasteiger partial charge in [0.2, 0.25) is 0 Å². The molecule has 2 aliphatic rings. The first kappa shape index (κ1) is 24.6. The summed E-state index contributed by atoms with van der Waals surface area (Å²) in [6.07, 6.45) is 1.97. The van der Waals surface area contributed by atoms with Crippen molar-refractivity contribution in [3.63, 3.8) is 0 Å². The largest absolute Gasteiger partial charge is 0.520 e. The van der Waals surface area contributed by atoms with Crippen molar-refractivity contribution in [1.29, 1.82) is 0 Å². The SMILES string of the molecule is CC(C)c1cccc(C(C)C)c1N1B2N(c3cc(C(C)(C)C)ccn3)c3ccccc3N2c2ccccc21. The maximum Gasteiger partial charge on any atom is 0.520 e. The van der Waals surface area contributed by atoms with Crippen LogP contribution in [0.25, 0.3) is 0 Å². The molecule has 38 heavy (non-hydrogen) atoms. The van der Waals surface area contributed by atoms with Crippen molar-refractivity contribution >= 4 is 41.4 Å². The molecule has 6 rings (SSSR count). The summed E-state index contributed by atoms with van der Waals surface area (Å²) >= 11 is 0. The van der Waals surface area contributed by atoms with Crippen LogP contribution in [0.4, 0.5) is 34.3 Å². The van der Waals surface area contributed by atoms with Crippen molar-refractivity contribution in [2.24, 2.45) is 0 Å². The Morgan fingerprint density at radius 2 is 1.13 bits per heavy atom. The van der Waals surface area contributed by atoms with Gasteiger partial charge in [-0.1, -0.05) is 90.9 Å². The Hall–Kier alpha value is -3.73. The van der Waals surface area contributed by atoms with Crippen LogP contribution in [-0.4, -0.2) is 12.1 Å². The Morgan fingerprint density at radius 3 is 1.63 bits per heavy atom. The minimum absolute atomic E-state index is 0.0317. The molecule has 0 saturated carbocycles. The summed E-state index contributed by atoms with van der Waals surface area (Å²) < 4.78 is 0. The molecule has 1 aromatic heterocycles. The predicted octanol–water partition coefficient (Wildman–Crippen LogP) is 9.05. The molecule has 0 aliphatic carbocycles. The zero-order valence-corrected chi connectivity index (χ0v) is 23.6. The molecular formula is C33H37BN4. The van der Waals surface area contributed by atoms with Crippen LogP contribution in [0.3, 0.4) is 0 Å². The van der Waals surface area contributed by atoms with Crippen LogP contribution < -0.4 is 14.4 Å². The van der Waals surface area contributed by atoms with Gasteiger partial charge in [0.05, 0.1) is 22.7 Å². The number of hydrogen-bond donors (Lipinski definition) is 0. The first-order valence-electron chi connectivity index (χ1n) is 13.8. The van der Waals surface area contributed by atoms with Gasteiger partial charge in [0.1, 0.15) is 5.82 Å². The highest BCUT2D eigenvalue weighted by Gasteiger charge is 2.54. The molecule has 0 N–H and O–H groups in total. The molecule has 0 fully saturated rings. The van der Waals surface area contributed by atoms with Gasteiger partial charge in [-0.2, -0.15) is 0 Å². The number of nitrogens with zero attached hydrogens (tertiary/aromatic N) is 4. The fraction of sp³-hybridized carbons (Fsp3) is 0.303. The smallest absolute Gasteiger partial charge is 0.343 e. The molecule has 5 heteroatoms. The number of fused-ring (bicyclic) bond motifs is 5. The zero-order chi connectivity index (χ0) is 26.8. The quantitative estimate of drug-likeness (QED) is 0.261. The molecule has 3 aromatic carbocycles. The molecule has 4 nitrogen and oxygen atoms in total. The fourth-order valence-electron chi connectivity index (χ4n) is 6.00. The maximum atomic E-state index is 4.97. The van der Waals surface area contributed by atoms with Gasteiger partial charge in [-0.15, -0.1) is 0 Å². The average molecular weight is 500 g/mol. The van der Waals surface area contributed by atoms with Gasteiger partial charge < -0.3 is 14.4 Å². The van der Waals surface area contributed by atoms with Gasteiger partial charge >= 0.3 is 7.12 Å². The lowest BCUT2D eigenvalue weighted by molar-refractivity contribution is 0.589. The monoisotopic (exact) mass is 500 g/mol. The number of aromatic nitrogens is 1. The average Bonchev–Trinajstić information content (AvgIpc) is 3.40. The summed E-state index contributed by atoms with van der Waals surface area (Å²) in [7, 11) is -0.0927.